The number of rotatable bonds is 2. The lowest BCUT2D eigenvalue weighted by atomic mass is 10.2. The summed E-state index contributed by atoms with van der Waals surface area (Å²) in [5.74, 6) is -1.82. The monoisotopic (exact) mass is 284 g/mol. The molecule has 0 atom stereocenters. The van der Waals surface area contributed by atoms with Crippen molar-refractivity contribution in [1.82, 2.24) is 10.0 Å². The number of aromatic nitrogens is 1. The number of hydrogen-bond acceptors (Lipinski definition) is 4. The molecular formula is C15H14N3O3+. The Hall–Kier alpha value is -2.73. The quantitative estimate of drug-likeness (QED) is 0.651. The van der Waals surface area contributed by atoms with E-state index >= 15 is 0 Å². The second kappa shape index (κ2) is 4.68. The van der Waals surface area contributed by atoms with Crippen molar-refractivity contribution in [2.45, 2.75) is 0 Å². The molecule has 1 aromatic heterocycles. The van der Waals surface area contributed by atoms with Crippen molar-refractivity contribution in [3.8, 4) is 0 Å². The average Bonchev–Trinajstić information content (AvgIpc) is 2.68. The van der Waals surface area contributed by atoms with E-state index in [2.05, 4.69) is 0 Å². The minimum Gasteiger partial charge on any atom is -0.498 e. The third-order valence-electron chi connectivity index (χ3n) is 3.36. The number of hydrazine groups is 1. The fourth-order valence-electron chi connectivity index (χ4n) is 2.36. The van der Waals surface area contributed by atoms with Crippen LogP contribution in [0.5, 0.6) is 0 Å². The summed E-state index contributed by atoms with van der Waals surface area (Å²) in [5, 5.41) is 14.1. The lowest BCUT2D eigenvalue weighted by molar-refractivity contribution is -0.577. The molecule has 6 heteroatoms. The summed E-state index contributed by atoms with van der Waals surface area (Å²) in [7, 11) is 3.13. The van der Waals surface area contributed by atoms with Crippen LogP contribution >= 0.6 is 0 Å². The minimum absolute atomic E-state index is 0.0422. The Kier molecular flexibility index (Phi) is 2.95. The highest BCUT2D eigenvalue weighted by atomic mass is 16.3. The molecule has 2 aromatic rings. The maximum Gasteiger partial charge on any atom is 0.345 e. The first kappa shape index (κ1) is 13.3. The van der Waals surface area contributed by atoms with Gasteiger partial charge < -0.3 is 5.11 Å². The second-order valence-corrected chi connectivity index (χ2v) is 4.95. The summed E-state index contributed by atoms with van der Waals surface area (Å²) in [6, 6.07) is 9.47. The van der Waals surface area contributed by atoms with E-state index in [9.17, 15) is 14.7 Å². The Morgan fingerprint density at radius 1 is 1.05 bits per heavy atom. The van der Waals surface area contributed by atoms with Crippen LogP contribution in [0.3, 0.4) is 0 Å². The van der Waals surface area contributed by atoms with Crippen LogP contribution in [0, 0.1) is 0 Å². The molecule has 106 valence electrons. The summed E-state index contributed by atoms with van der Waals surface area (Å²) >= 11 is 0. The third-order valence-corrected chi connectivity index (χ3v) is 3.36. The van der Waals surface area contributed by atoms with Crippen LogP contribution in [0.15, 0.2) is 48.5 Å². The van der Waals surface area contributed by atoms with Crippen molar-refractivity contribution in [2.24, 2.45) is 0 Å². The maximum absolute atomic E-state index is 12.3. The minimum atomic E-state index is -0.722. The smallest absolute Gasteiger partial charge is 0.345 e. The molecule has 1 aliphatic heterocycles. The second-order valence-electron chi connectivity index (χ2n) is 4.95. The zero-order valence-electron chi connectivity index (χ0n) is 11.6. The van der Waals surface area contributed by atoms with Gasteiger partial charge in [-0.2, -0.15) is 9.58 Å². The number of carbonyl (C=O) groups is 2. The number of imide groups is 1. The molecule has 0 spiro atoms. The van der Waals surface area contributed by atoms with Gasteiger partial charge in [0, 0.05) is 25.5 Å². The molecule has 0 radical (unpaired) electrons. The molecule has 0 bridgehead atoms. The predicted octanol–water partition coefficient (Wildman–Crippen LogP) is 0.699. The van der Waals surface area contributed by atoms with E-state index in [1.807, 2.05) is 30.3 Å². The van der Waals surface area contributed by atoms with Gasteiger partial charge in [0.1, 0.15) is 0 Å². The number of benzene rings is 1. The van der Waals surface area contributed by atoms with Gasteiger partial charge in [0.05, 0.1) is 0 Å². The SMILES string of the molecule is CN(C)N1C(=O)C(O)=C([n+]2ccc3ccccc3c2)C1=O. The number of amides is 2. The maximum atomic E-state index is 12.3. The zero-order chi connectivity index (χ0) is 15.1. The van der Waals surface area contributed by atoms with Crippen LogP contribution in [0.1, 0.15) is 0 Å². The lowest BCUT2D eigenvalue weighted by Gasteiger charge is -2.19. The number of aliphatic hydroxyl groups is 1. The number of aliphatic hydroxyl groups excluding tert-OH is 1. The van der Waals surface area contributed by atoms with Crippen LogP contribution in [0.2, 0.25) is 0 Å². The van der Waals surface area contributed by atoms with Gasteiger partial charge in [-0.15, -0.1) is 0 Å². The van der Waals surface area contributed by atoms with Crippen LogP contribution in [-0.4, -0.2) is 41.0 Å². The highest BCUT2D eigenvalue weighted by Gasteiger charge is 2.46. The molecule has 21 heavy (non-hydrogen) atoms. The molecule has 1 aliphatic rings. The van der Waals surface area contributed by atoms with Gasteiger partial charge in [-0.25, -0.2) is 5.01 Å². The van der Waals surface area contributed by atoms with Gasteiger partial charge in [0.15, 0.2) is 12.4 Å². The normalized spacial score (nSPS) is 15.7. The Bertz CT molecular complexity index is 796. The van der Waals surface area contributed by atoms with Crippen molar-refractivity contribution in [2.75, 3.05) is 14.1 Å². The highest BCUT2D eigenvalue weighted by molar-refractivity contribution is 6.28. The number of fused-ring (bicyclic) bond motifs is 1. The molecule has 0 unspecified atom stereocenters. The predicted molar refractivity (Wildman–Crippen MR) is 75.5 cm³/mol. The van der Waals surface area contributed by atoms with Crippen LogP contribution in [0.25, 0.3) is 16.5 Å². The van der Waals surface area contributed by atoms with E-state index in [0.717, 1.165) is 15.8 Å². The summed E-state index contributed by atoms with van der Waals surface area (Å²) in [5.41, 5.74) is -0.0422. The molecule has 2 amide bonds. The summed E-state index contributed by atoms with van der Waals surface area (Å²) in [6.07, 6.45) is 3.36. The van der Waals surface area contributed by atoms with Crippen molar-refractivity contribution in [3.05, 3.63) is 48.5 Å². The highest BCUT2D eigenvalue weighted by Crippen LogP contribution is 2.20. The van der Waals surface area contributed by atoms with Crippen molar-refractivity contribution in [3.63, 3.8) is 0 Å². The fraction of sp³-hybridized carbons (Fsp3) is 0.133. The van der Waals surface area contributed by atoms with Crippen LogP contribution in [0.4, 0.5) is 0 Å². The molecule has 0 saturated carbocycles. The Balaban J connectivity index is 2.13. The van der Waals surface area contributed by atoms with E-state index in [4.69, 9.17) is 0 Å². The molecule has 0 saturated heterocycles. The van der Waals surface area contributed by atoms with Gasteiger partial charge in [0.25, 0.3) is 5.76 Å². The summed E-state index contributed by atoms with van der Waals surface area (Å²) in [4.78, 5) is 24.3. The van der Waals surface area contributed by atoms with Gasteiger partial charge in [-0.1, -0.05) is 18.2 Å². The zero-order valence-corrected chi connectivity index (χ0v) is 11.6. The number of carbonyl (C=O) groups excluding carboxylic acids is 2. The van der Waals surface area contributed by atoms with E-state index < -0.39 is 17.6 Å². The van der Waals surface area contributed by atoms with Crippen molar-refractivity contribution >= 4 is 28.3 Å². The molecule has 1 N–H and O–H groups in total. The van der Waals surface area contributed by atoms with Crippen molar-refractivity contribution in [1.29, 1.82) is 0 Å². The molecular weight excluding hydrogens is 270 g/mol. The summed E-state index contributed by atoms with van der Waals surface area (Å²) < 4.78 is 1.47. The Morgan fingerprint density at radius 2 is 1.71 bits per heavy atom. The molecule has 2 heterocycles. The number of pyridine rings is 1. The molecule has 3 rings (SSSR count). The number of nitrogens with zero attached hydrogens (tertiary/aromatic N) is 3. The van der Waals surface area contributed by atoms with Gasteiger partial charge in [0.2, 0.25) is 0 Å². The first-order valence-electron chi connectivity index (χ1n) is 6.40. The third kappa shape index (κ3) is 1.96. The van der Waals surface area contributed by atoms with E-state index in [1.165, 1.54) is 9.58 Å². The molecule has 6 nitrogen and oxygen atoms in total. The topological polar surface area (TPSA) is 64.7 Å². The largest absolute Gasteiger partial charge is 0.498 e. The molecule has 1 aromatic carbocycles. The summed E-state index contributed by atoms with van der Waals surface area (Å²) in [6.45, 7) is 0. The first-order chi connectivity index (χ1) is 10.0. The van der Waals surface area contributed by atoms with Gasteiger partial charge >= 0.3 is 17.5 Å². The first-order valence-corrected chi connectivity index (χ1v) is 6.40. The average molecular weight is 284 g/mol. The lowest BCUT2D eigenvalue weighted by Crippen LogP contribution is -2.45. The van der Waals surface area contributed by atoms with Crippen LogP contribution in [-0.2, 0) is 9.59 Å². The Labute approximate surface area is 121 Å². The standard InChI is InChI=1S/C15H13N3O3/c1-16(2)18-14(20)12(13(19)15(18)21)17-8-7-10-5-3-4-6-11(10)9-17/h3-9H,1-2H3/p+1. The van der Waals surface area contributed by atoms with Gasteiger partial charge in [-0.3, -0.25) is 9.59 Å². The fourth-order valence-corrected chi connectivity index (χ4v) is 2.36. The van der Waals surface area contributed by atoms with Crippen molar-refractivity contribution < 1.29 is 19.3 Å². The van der Waals surface area contributed by atoms with E-state index in [1.54, 1.807) is 26.5 Å². The van der Waals surface area contributed by atoms with E-state index in [-0.39, 0.29) is 5.70 Å². The molecule has 0 fully saturated rings. The van der Waals surface area contributed by atoms with Gasteiger partial charge in [-0.05, 0) is 11.5 Å². The molecule has 0 aliphatic carbocycles. The van der Waals surface area contributed by atoms with E-state index in [0.29, 0.717) is 0 Å². The van der Waals surface area contributed by atoms with Crippen LogP contribution < -0.4 is 4.57 Å². The number of hydrogen-bond donors (Lipinski definition) is 1. The Morgan fingerprint density at radius 3 is 2.33 bits per heavy atom.